The molecule has 31 heavy (non-hydrogen) atoms. The number of carbonyl (C=O) groups is 2. The quantitative estimate of drug-likeness (QED) is 0.669. The maximum atomic E-state index is 13.7. The molecule has 5 nitrogen and oxygen atoms in total. The van der Waals surface area contributed by atoms with E-state index in [2.05, 4.69) is 0 Å². The first-order valence-corrected chi connectivity index (χ1v) is 9.70. The van der Waals surface area contributed by atoms with E-state index in [-0.39, 0.29) is 35.0 Å². The maximum Gasteiger partial charge on any atom is 0.416 e. The van der Waals surface area contributed by atoms with Crippen LogP contribution in [0.15, 0.2) is 42.1 Å². The molecule has 0 bridgehead atoms. The van der Waals surface area contributed by atoms with Gasteiger partial charge in [-0.2, -0.15) is 13.2 Å². The molecule has 0 atom stereocenters. The largest absolute Gasteiger partial charge is 0.481 e. The molecule has 4 rings (SSSR count). The van der Waals surface area contributed by atoms with E-state index in [1.165, 1.54) is 29.8 Å². The zero-order valence-electron chi connectivity index (χ0n) is 17.5. The van der Waals surface area contributed by atoms with Crippen molar-refractivity contribution in [1.82, 2.24) is 9.80 Å². The van der Waals surface area contributed by atoms with Gasteiger partial charge in [0.1, 0.15) is 11.4 Å². The molecule has 2 aromatic rings. The SMILES string of the molecule is Cc1c(C(F)(F)F)ccc2c1C(N1Cc3ccccc3C1=O)=C(N(C)C=O)C(C)(C)O2. The maximum absolute atomic E-state index is 13.7. The van der Waals surface area contributed by atoms with Crippen molar-refractivity contribution in [2.24, 2.45) is 0 Å². The highest BCUT2D eigenvalue weighted by atomic mass is 19.4. The molecule has 0 spiro atoms. The van der Waals surface area contributed by atoms with Crippen molar-refractivity contribution >= 4 is 18.0 Å². The normalized spacial score (nSPS) is 17.3. The minimum Gasteiger partial charge on any atom is -0.481 e. The first-order valence-electron chi connectivity index (χ1n) is 9.70. The van der Waals surface area contributed by atoms with Crippen molar-refractivity contribution in [2.45, 2.75) is 39.1 Å². The van der Waals surface area contributed by atoms with E-state index >= 15 is 0 Å². The van der Waals surface area contributed by atoms with Crippen molar-refractivity contribution < 1.29 is 27.5 Å². The lowest BCUT2D eigenvalue weighted by molar-refractivity contribution is -0.138. The smallest absolute Gasteiger partial charge is 0.416 e. The average molecular weight is 430 g/mol. The van der Waals surface area contributed by atoms with Crippen LogP contribution in [-0.4, -0.2) is 34.8 Å². The number of ether oxygens (including phenoxy) is 1. The van der Waals surface area contributed by atoms with Gasteiger partial charge in [0.05, 0.1) is 23.5 Å². The summed E-state index contributed by atoms with van der Waals surface area (Å²) in [4.78, 5) is 27.7. The highest BCUT2D eigenvalue weighted by Gasteiger charge is 2.45. The van der Waals surface area contributed by atoms with Gasteiger partial charge in [0.25, 0.3) is 5.91 Å². The number of alkyl halides is 3. The fourth-order valence-corrected chi connectivity index (χ4v) is 4.44. The number of benzene rings is 2. The van der Waals surface area contributed by atoms with Crippen molar-refractivity contribution in [2.75, 3.05) is 7.05 Å². The molecule has 0 saturated carbocycles. The molecule has 0 aromatic heterocycles. The van der Waals surface area contributed by atoms with Crippen molar-refractivity contribution in [3.63, 3.8) is 0 Å². The molecule has 0 N–H and O–H groups in total. The first-order chi connectivity index (χ1) is 14.5. The van der Waals surface area contributed by atoms with Gasteiger partial charge in [-0.15, -0.1) is 0 Å². The monoisotopic (exact) mass is 430 g/mol. The Kier molecular flexibility index (Phi) is 4.64. The molecule has 2 amide bonds. The summed E-state index contributed by atoms with van der Waals surface area (Å²) < 4.78 is 47.1. The number of hydrogen-bond acceptors (Lipinski definition) is 3. The second-order valence-electron chi connectivity index (χ2n) is 8.18. The summed E-state index contributed by atoms with van der Waals surface area (Å²) in [5, 5.41) is 0. The second kappa shape index (κ2) is 6.87. The molecule has 2 aliphatic rings. The van der Waals surface area contributed by atoms with Crippen LogP contribution in [0.25, 0.3) is 5.70 Å². The fraction of sp³-hybridized carbons (Fsp3) is 0.304. The Morgan fingerprint density at radius 3 is 2.45 bits per heavy atom. The summed E-state index contributed by atoms with van der Waals surface area (Å²) in [6.45, 7) is 4.97. The van der Waals surface area contributed by atoms with Crippen LogP contribution < -0.4 is 4.74 Å². The van der Waals surface area contributed by atoms with Crippen molar-refractivity contribution in [3.05, 3.63) is 69.9 Å². The van der Waals surface area contributed by atoms with Gasteiger partial charge < -0.3 is 14.5 Å². The Labute approximate surface area is 177 Å². The summed E-state index contributed by atoms with van der Waals surface area (Å²) in [5.41, 5.74) is 0.0463. The zero-order chi connectivity index (χ0) is 22.7. The average Bonchev–Trinajstić information content (AvgIpc) is 3.01. The van der Waals surface area contributed by atoms with Crippen LogP contribution in [0.2, 0.25) is 0 Å². The number of likely N-dealkylation sites (N-methyl/N-ethyl adjacent to an activating group) is 1. The minimum atomic E-state index is -4.58. The van der Waals surface area contributed by atoms with Crippen LogP contribution in [0.5, 0.6) is 5.75 Å². The third-order valence-corrected chi connectivity index (χ3v) is 5.73. The Balaban J connectivity index is 2.05. The molecule has 2 aliphatic heterocycles. The van der Waals surface area contributed by atoms with Gasteiger partial charge in [-0.05, 0) is 50.1 Å². The highest BCUT2D eigenvalue weighted by Crippen LogP contribution is 2.49. The lowest BCUT2D eigenvalue weighted by Gasteiger charge is -2.42. The minimum absolute atomic E-state index is 0.0592. The van der Waals surface area contributed by atoms with Gasteiger partial charge in [0.2, 0.25) is 6.41 Å². The Hall–Kier alpha value is -3.29. The van der Waals surface area contributed by atoms with Crippen LogP contribution in [-0.2, 0) is 17.5 Å². The molecule has 0 radical (unpaired) electrons. The topological polar surface area (TPSA) is 49.9 Å². The van der Waals surface area contributed by atoms with E-state index in [4.69, 9.17) is 4.74 Å². The van der Waals surface area contributed by atoms with Crippen molar-refractivity contribution in [1.29, 1.82) is 0 Å². The summed E-state index contributed by atoms with van der Waals surface area (Å²) in [5.74, 6) is -0.0971. The van der Waals surface area contributed by atoms with E-state index in [1.807, 2.05) is 0 Å². The Morgan fingerprint density at radius 2 is 1.84 bits per heavy atom. The molecule has 2 aromatic carbocycles. The number of fused-ring (bicyclic) bond motifs is 2. The molecule has 8 heteroatoms. The second-order valence-corrected chi connectivity index (χ2v) is 8.18. The van der Waals surface area contributed by atoms with Crippen LogP contribution >= 0.6 is 0 Å². The summed E-state index contributed by atoms with van der Waals surface area (Å²) in [6, 6.07) is 9.29. The van der Waals surface area contributed by atoms with E-state index in [0.29, 0.717) is 17.7 Å². The van der Waals surface area contributed by atoms with Crippen LogP contribution in [0.1, 0.15) is 46.5 Å². The van der Waals surface area contributed by atoms with E-state index < -0.39 is 17.3 Å². The van der Waals surface area contributed by atoms with E-state index in [0.717, 1.165) is 11.6 Å². The molecule has 0 aliphatic carbocycles. The lowest BCUT2D eigenvalue weighted by atomic mass is 9.89. The van der Waals surface area contributed by atoms with E-state index in [9.17, 15) is 22.8 Å². The number of nitrogens with zero attached hydrogens (tertiary/aromatic N) is 2. The summed E-state index contributed by atoms with van der Waals surface area (Å²) in [7, 11) is 1.50. The van der Waals surface area contributed by atoms with E-state index in [1.54, 1.807) is 38.1 Å². The highest BCUT2D eigenvalue weighted by molar-refractivity contribution is 6.04. The predicted molar refractivity (Wildman–Crippen MR) is 108 cm³/mol. The van der Waals surface area contributed by atoms with Gasteiger partial charge in [0, 0.05) is 18.2 Å². The van der Waals surface area contributed by atoms with Gasteiger partial charge >= 0.3 is 6.18 Å². The molecule has 0 saturated heterocycles. The van der Waals surface area contributed by atoms with Crippen LogP contribution in [0.4, 0.5) is 13.2 Å². The standard InChI is InChI=1S/C23H21F3N2O3/c1-13-16(23(24,25)26)9-10-17-18(13)19(20(27(4)12-29)22(2,3)31-17)28-11-14-7-5-6-8-15(14)21(28)30/h5-10,12H,11H2,1-4H3. The predicted octanol–water partition coefficient (Wildman–Crippen LogP) is 4.60. The van der Waals surface area contributed by atoms with Crippen LogP contribution in [0.3, 0.4) is 0 Å². The molecule has 162 valence electrons. The number of halogens is 3. The zero-order valence-corrected chi connectivity index (χ0v) is 17.5. The molecule has 0 unspecified atom stereocenters. The fourth-order valence-electron chi connectivity index (χ4n) is 4.44. The number of amides is 2. The lowest BCUT2D eigenvalue weighted by Crippen LogP contribution is -2.44. The number of carbonyl (C=O) groups excluding carboxylic acids is 2. The van der Waals surface area contributed by atoms with Gasteiger partial charge in [0.15, 0.2) is 0 Å². The van der Waals surface area contributed by atoms with Gasteiger partial charge in [-0.3, -0.25) is 9.59 Å². The third kappa shape index (κ3) is 3.17. The molecule has 0 fully saturated rings. The van der Waals surface area contributed by atoms with Gasteiger partial charge in [-0.1, -0.05) is 18.2 Å². The van der Waals surface area contributed by atoms with Gasteiger partial charge in [-0.25, -0.2) is 0 Å². The molecular weight excluding hydrogens is 409 g/mol. The summed E-state index contributed by atoms with van der Waals surface area (Å²) in [6.07, 6.45) is -4.02. The van der Waals surface area contributed by atoms with Crippen molar-refractivity contribution in [3.8, 4) is 5.75 Å². The number of hydrogen-bond donors (Lipinski definition) is 0. The molecular formula is C23H21F3N2O3. The third-order valence-electron chi connectivity index (χ3n) is 5.73. The first kappa shape index (κ1) is 21.0. The Bertz CT molecular complexity index is 1140. The van der Waals surface area contributed by atoms with Crippen LogP contribution in [0, 0.1) is 6.92 Å². The number of rotatable bonds is 3. The summed E-state index contributed by atoms with van der Waals surface area (Å²) >= 11 is 0. The molecule has 2 heterocycles. The Morgan fingerprint density at radius 1 is 1.16 bits per heavy atom.